The first-order chi connectivity index (χ1) is 8.72. The van der Waals surface area contributed by atoms with Crippen LogP contribution in [-0.2, 0) is 13.0 Å². The Bertz CT molecular complexity index is 495. The fourth-order valence-corrected chi connectivity index (χ4v) is 2.59. The lowest BCUT2D eigenvalue weighted by Crippen LogP contribution is -2.17. The summed E-state index contributed by atoms with van der Waals surface area (Å²) in [6.07, 6.45) is 7.29. The van der Waals surface area contributed by atoms with Gasteiger partial charge in [0.1, 0.15) is 0 Å². The molecule has 0 amide bonds. The van der Waals surface area contributed by atoms with Crippen LogP contribution in [0.5, 0.6) is 0 Å². The number of rotatable bonds is 5. The van der Waals surface area contributed by atoms with Gasteiger partial charge >= 0.3 is 0 Å². The zero-order valence-electron chi connectivity index (χ0n) is 10.4. The summed E-state index contributed by atoms with van der Waals surface area (Å²) >= 11 is 3.51. The summed E-state index contributed by atoms with van der Waals surface area (Å²) in [7, 11) is 0. The summed E-state index contributed by atoms with van der Waals surface area (Å²) in [5.74, 6) is 0. The van der Waals surface area contributed by atoms with Crippen molar-refractivity contribution in [3.63, 3.8) is 0 Å². The third-order valence-corrected chi connectivity index (χ3v) is 3.56. The van der Waals surface area contributed by atoms with Crippen LogP contribution in [0.4, 0.5) is 0 Å². The molecule has 0 aliphatic rings. The number of nitrogens with two attached hydrogens (primary N) is 1. The number of aryl methyl sites for hydroxylation is 2. The van der Waals surface area contributed by atoms with E-state index in [1.165, 1.54) is 5.56 Å². The monoisotopic (exact) mass is 308 g/mol. The van der Waals surface area contributed by atoms with E-state index in [-0.39, 0.29) is 6.04 Å². The summed E-state index contributed by atoms with van der Waals surface area (Å²) in [5.41, 5.74) is 8.54. The molecule has 2 aromatic heterocycles. The molecule has 2 aromatic rings. The standard InChI is InChI=1S/C13H17BrN4/c1-2-18-13(11(14)9-17-18)12(15)6-5-10-4-3-7-16-8-10/h3-4,7-9,12H,2,5-6,15H2,1H3. The highest BCUT2D eigenvalue weighted by Gasteiger charge is 2.15. The molecule has 1 atom stereocenters. The summed E-state index contributed by atoms with van der Waals surface area (Å²) < 4.78 is 2.93. The average Bonchev–Trinajstić information content (AvgIpc) is 2.78. The van der Waals surface area contributed by atoms with Gasteiger partial charge in [0, 0.05) is 25.0 Å². The van der Waals surface area contributed by atoms with Crippen LogP contribution in [0.2, 0.25) is 0 Å². The van der Waals surface area contributed by atoms with Crippen molar-refractivity contribution in [1.29, 1.82) is 0 Å². The maximum atomic E-state index is 6.25. The highest BCUT2D eigenvalue weighted by Crippen LogP contribution is 2.24. The van der Waals surface area contributed by atoms with E-state index in [0.29, 0.717) is 0 Å². The van der Waals surface area contributed by atoms with Crippen LogP contribution in [0.15, 0.2) is 35.2 Å². The highest BCUT2D eigenvalue weighted by molar-refractivity contribution is 9.10. The number of hydrogen-bond acceptors (Lipinski definition) is 3. The number of hydrogen-bond donors (Lipinski definition) is 1. The molecule has 0 saturated carbocycles. The van der Waals surface area contributed by atoms with Gasteiger partial charge in [-0.1, -0.05) is 6.07 Å². The van der Waals surface area contributed by atoms with Crippen LogP contribution in [0.3, 0.4) is 0 Å². The third-order valence-electron chi connectivity index (χ3n) is 2.95. The fraction of sp³-hybridized carbons (Fsp3) is 0.385. The van der Waals surface area contributed by atoms with Crippen molar-refractivity contribution in [2.75, 3.05) is 0 Å². The van der Waals surface area contributed by atoms with Gasteiger partial charge in [0.15, 0.2) is 0 Å². The number of halogens is 1. The molecule has 0 aliphatic heterocycles. The van der Waals surface area contributed by atoms with E-state index >= 15 is 0 Å². The molecule has 96 valence electrons. The number of pyridine rings is 1. The second-order valence-corrected chi connectivity index (χ2v) is 5.05. The van der Waals surface area contributed by atoms with Gasteiger partial charge in [0.25, 0.3) is 0 Å². The molecule has 0 aliphatic carbocycles. The molecule has 5 heteroatoms. The number of nitrogens with zero attached hydrogens (tertiary/aromatic N) is 3. The van der Waals surface area contributed by atoms with E-state index < -0.39 is 0 Å². The van der Waals surface area contributed by atoms with E-state index in [1.807, 2.05) is 23.1 Å². The van der Waals surface area contributed by atoms with Crippen molar-refractivity contribution in [3.05, 3.63) is 46.5 Å². The lowest BCUT2D eigenvalue weighted by Gasteiger charge is -2.14. The largest absolute Gasteiger partial charge is 0.323 e. The van der Waals surface area contributed by atoms with Crippen LogP contribution in [0, 0.1) is 0 Å². The van der Waals surface area contributed by atoms with Gasteiger partial charge in [0.2, 0.25) is 0 Å². The second-order valence-electron chi connectivity index (χ2n) is 4.20. The molecule has 2 N–H and O–H groups in total. The summed E-state index contributed by atoms with van der Waals surface area (Å²) in [4.78, 5) is 4.11. The van der Waals surface area contributed by atoms with E-state index in [0.717, 1.165) is 29.6 Å². The van der Waals surface area contributed by atoms with Gasteiger partial charge in [-0.2, -0.15) is 5.10 Å². The van der Waals surface area contributed by atoms with Gasteiger partial charge in [-0.05, 0) is 47.3 Å². The second kappa shape index (κ2) is 6.11. The van der Waals surface area contributed by atoms with Crippen molar-refractivity contribution >= 4 is 15.9 Å². The first-order valence-electron chi connectivity index (χ1n) is 6.08. The molecule has 2 heterocycles. The quantitative estimate of drug-likeness (QED) is 0.924. The Morgan fingerprint density at radius 1 is 1.44 bits per heavy atom. The SMILES string of the molecule is CCn1ncc(Br)c1C(N)CCc1cccnc1. The molecular weight excluding hydrogens is 292 g/mol. The molecule has 1 unspecified atom stereocenters. The molecular formula is C13H17BrN4. The Morgan fingerprint density at radius 3 is 2.94 bits per heavy atom. The van der Waals surface area contributed by atoms with Crippen molar-refractivity contribution in [3.8, 4) is 0 Å². The van der Waals surface area contributed by atoms with Gasteiger partial charge in [-0.25, -0.2) is 0 Å². The smallest absolute Gasteiger partial charge is 0.0693 e. The van der Waals surface area contributed by atoms with Crippen molar-refractivity contribution in [2.24, 2.45) is 5.73 Å². The van der Waals surface area contributed by atoms with Crippen LogP contribution in [0.1, 0.15) is 30.6 Å². The van der Waals surface area contributed by atoms with E-state index in [1.54, 1.807) is 6.20 Å². The minimum atomic E-state index is -0.0120. The Balaban J connectivity index is 2.03. The average molecular weight is 309 g/mol. The minimum absolute atomic E-state index is 0.0120. The van der Waals surface area contributed by atoms with Crippen LogP contribution in [0.25, 0.3) is 0 Å². The van der Waals surface area contributed by atoms with Crippen molar-refractivity contribution < 1.29 is 0 Å². The summed E-state index contributed by atoms with van der Waals surface area (Å²) in [6.45, 7) is 2.90. The molecule has 18 heavy (non-hydrogen) atoms. The van der Waals surface area contributed by atoms with E-state index in [4.69, 9.17) is 5.73 Å². The predicted octanol–water partition coefficient (Wildman–Crippen LogP) is 2.69. The van der Waals surface area contributed by atoms with E-state index in [9.17, 15) is 0 Å². The first kappa shape index (κ1) is 13.2. The summed E-state index contributed by atoms with van der Waals surface area (Å²) in [5, 5.41) is 4.29. The number of aromatic nitrogens is 3. The van der Waals surface area contributed by atoms with E-state index in [2.05, 4.69) is 39.0 Å². The molecule has 0 fully saturated rings. The summed E-state index contributed by atoms with van der Waals surface area (Å²) in [6, 6.07) is 4.01. The maximum absolute atomic E-state index is 6.25. The van der Waals surface area contributed by atoms with Crippen molar-refractivity contribution in [1.82, 2.24) is 14.8 Å². The molecule has 0 aromatic carbocycles. The van der Waals surface area contributed by atoms with Gasteiger partial charge in [0.05, 0.1) is 16.4 Å². The van der Waals surface area contributed by atoms with Gasteiger partial charge in [-0.15, -0.1) is 0 Å². The van der Waals surface area contributed by atoms with Gasteiger partial charge in [-0.3, -0.25) is 9.67 Å². The highest BCUT2D eigenvalue weighted by atomic mass is 79.9. The van der Waals surface area contributed by atoms with Crippen LogP contribution >= 0.6 is 15.9 Å². The first-order valence-corrected chi connectivity index (χ1v) is 6.87. The van der Waals surface area contributed by atoms with Crippen LogP contribution < -0.4 is 5.73 Å². The lowest BCUT2D eigenvalue weighted by molar-refractivity contribution is 0.545. The Kier molecular flexibility index (Phi) is 4.49. The topological polar surface area (TPSA) is 56.7 Å². The Hall–Kier alpha value is -1.20. The minimum Gasteiger partial charge on any atom is -0.323 e. The predicted molar refractivity (Wildman–Crippen MR) is 75.1 cm³/mol. The maximum Gasteiger partial charge on any atom is 0.0693 e. The zero-order chi connectivity index (χ0) is 13.0. The normalized spacial score (nSPS) is 12.6. The molecule has 0 radical (unpaired) electrons. The molecule has 4 nitrogen and oxygen atoms in total. The molecule has 0 saturated heterocycles. The molecule has 0 spiro atoms. The zero-order valence-corrected chi connectivity index (χ0v) is 12.0. The van der Waals surface area contributed by atoms with Crippen molar-refractivity contribution in [2.45, 2.75) is 32.4 Å². The molecule has 2 rings (SSSR count). The Morgan fingerprint density at radius 2 is 2.28 bits per heavy atom. The third kappa shape index (κ3) is 2.97. The van der Waals surface area contributed by atoms with Gasteiger partial charge < -0.3 is 5.73 Å². The lowest BCUT2D eigenvalue weighted by atomic mass is 10.1. The molecule has 0 bridgehead atoms. The van der Waals surface area contributed by atoms with Crippen LogP contribution in [-0.4, -0.2) is 14.8 Å². The Labute approximate surface area is 115 Å². The fourth-order valence-electron chi connectivity index (χ4n) is 2.00.